The predicted octanol–water partition coefficient (Wildman–Crippen LogP) is 0.860. The van der Waals surface area contributed by atoms with Gasteiger partial charge in [-0.05, 0) is 34.9 Å². The molecule has 0 aromatic heterocycles. The maximum atomic E-state index is 11.1. The Morgan fingerprint density at radius 1 is 0.840 bits per heavy atom. The first-order chi connectivity index (χ1) is 11.6. The SMILES string of the molecule is CS(=O)(=O)NCCOc1ccc2cc(CCNS(C)(=O)=O)ccc2c1. The van der Waals surface area contributed by atoms with E-state index in [4.69, 9.17) is 4.74 Å². The first-order valence-electron chi connectivity index (χ1n) is 7.67. The summed E-state index contributed by atoms with van der Waals surface area (Å²) in [5, 5.41) is 2.02. The highest BCUT2D eigenvalue weighted by molar-refractivity contribution is 7.89. The number of ether oxygens (including phenoxy) is 1. The van der Waals surface area contributed by atoms with Crippen LogP contribution in [0.15, 0.2) is 36.4 Å². The lowest BCUT2D eigenvalue weighted by atomic mass is 10.0. The van der Waals surface area contributed by atoms with Crippen LogP contribution in [0.5, 0.6) is 5.75 Å². The molecular weight excluding hydrogens is 364 g/mol. The van der Waals surface area contributed by atoms with Crippen LogP contribution in [-0.4, -0.2) is 49.0 Å². The summed E-state index contributed by atoms with van der Waals surface area (Å²) < 4.78 is 54.5. The fourth-order valence-electron chi connectivity index (χ4n) is 2.30. The summed E-state index contributed by atoms with van der Waals surface area (Å²) in [6, 6.07) is 11.5. The minimum Gasteiger partial charge on any atom is -0.492 e. The van der Waals surface area contributed by atoms with E-state index < -0.39 is 20.0 Å². The van der Waals surface area contributed by atoms with Gasteiger partial charge in [0.2, 0.25) is 20.0 Å². The number of benzene rings is 2. The second kappa shape index (κ2) is 8.13. The van der Waals surface area contributed by atoms with E-state index in [1.165, 1.54) is 0 Å². The smallest absolute Gasteiger partial charge is 0.208 e. The summed E-state index contributed by atoms with van der Waals surface area (Å²) in [6.07, 6.45) is 2.85. The summed E-state index contributed by atoms with van der Waals surface area (Å²) in [4.78, 5) is 0. The van der Waals surface area contributed by atoms with Crippen LogP contribution in [0, 0.1) is 0 Å². The van der Waals surface area contributed by atoms with E-state index in [1.807, 2.05) is 36.4 Å². The van der Waals surface area contributed by atoms with E-state index >= 15 is 0 Å². The van der Waals surface area contributed by atoms with E-state index in [0.717, 1.165) is 28.8 Å². The van der Waals surface area contributed by atoms with Crippen molar-refractivity contribution in [3.8, 4) is 5.75 Å². The summed E-state index contributed by atoms with van der Waals surface area (Å²) in [5.41, 5.74) is 1.04. The molecule has 0 bridgehead atoms. The maximum Gasteiger partial charge on any atom is 0.208 e. The highest BCUT2D eigenvalue weighted by Crippen LogP contribution is 2.22. The Labute approximate surface area is 148 Å². The molecule has 0 radical (unpaired) electrons. The summed E-state index contributed by atoms with van der Waals surface area (Å²) in [6.45, 7) is 0.815. The van der Waals surface area contributed by atoms with E-state index in [-0.39, 0.29) is 13.2 Å². The highest BCUT2D eigenvalue weighted by atomic mass is 32.2. The molecule has 2 N–H and O–H groups in total. The Bertz CT molecular complexity index is 940. The van der Waals surface area contributed by atoms with Gasteiger partial charge in [-0.2, -0.15) is 0 Å². The maximum absolute atomic E-state index is 11.1. The van der Waals surface area contributed by atoms with Gasteiger partial charge in [-0.1, -0.05) is 24.3 Å². The van der Waals surface area contributed by atoms with Gasteiger partial charge in [0.05, 0.1) is 12.5 Å². The van der Waals surface area contributed by atoms with Crippen molar-refractivity contribution in [2.45, 2.75) is 6.42 Å². The molecule has 0 amide bonds. The van der Waals surface area contributed by atoms with Gasteiger partial charge in [-0.15, -0.1) is 0 Å². The molecule has 2 aromatic carbocycles. The molecular formula is C16H22N2O5S2. The van der Waals surface area contributed by atoms with Gasteiger partial charge in [0.15, 0.2) is 0 Å². The third kappa shape index (κ3) is 7.39. The minimum atomic E-state index is -3.21. The standard InChI is InChI=1S/C16H22N2O5S2/c1-24(19,20)17-8-7-13-3-4-15-12-16(6-5-14(15)11-13)23-10-9-18-25(2,21)22/h3-6,11-12,17-18H,7-10H2,1-2H3. The Balaban J connectivity index is 1.95. The van der Waals surface area contributed by atoms with Gasteiger partial charge < -0.3 is 4.74 Å². The average molecular weight is 386 g/mol. The van der Waals surface area contributed by atoms with Crippen LogP contribution in [0.2, 0.25) is 0 Å². The molecule has 0 saturated carbocycles. The number of hydrogen-bond donors (Lipinski definition) is 2. The zero-order valence-corrected chi connectivity index (χ0v) is 15.8. The second-order valence-electron chi connectivity index (χ2n) is 5.77. The van der Waals surface area contributed by atoms with E-state index in [9.17, 15) is 16.8 Å². The molecule has 0 fully saturated rings. The molecule has 9 heteroatoms. The fraction of sp³-hybridized carbons (Fsp3) is 0.375. The molecule has 0 atom stereocenters. The Morgan fingerprint density at radius 2 is 1.44 bits per heavy atom. The van der Waals surface area contributed by atoms with Crippen LogP contribution in [0.25, 0.3) is 10.8 Å². The first kappa shape index (κ1) is 19.6. The van der Waals surface area contributed by atoms with Crippen molar-refractivity contribution >= 4 is 30.8 Å². The number of sulfonamides is 2. The molecule has 7 nitrogen and oxygen atoms in total. The van der Waals surface area contributed by atoms with Crippen LogP contribution in [0.4, 0.5) is 0 Å². The highest BCUT2D eigenvalue weighted by Gasteiger charge is 2.03. The second-order valence-corrected chi connectivity index (χ2v) is 9.44. The Morgan fingerprint density at radius 3 is 2.12 bits per heavy atom. The molecule has 0 unspecified atom stereocenters. The van der Waals surface area contributed by atoms with Crippen LogP contribution in [0.1, 0.15) is 5.56 Å². The molecule has 2 aromatic rings. The third-order valence-electron chi connectivity index (χ3n) is 3.39. The molecule has 0 spiro atoms. The quantitative estimate of drug-likeness (QED) is 0.623. The molecule has 138 valence electrons. The lowest BCUT2D eigenvalue weighted by Crippen LogP contribution is -2.26. The molecule has 0 aliphatic heterocycles. The van der Waals surface area contributed by atoms with Crippen molar-refractivity contribution in [2.24, 2.45) is 0 Å². The van der Waals surface area contributed by atoms with Crippen molar-refractivity contribution in [1.82, 2.24) is 9.44 Å². The van der Waals surface area contributed by atoms with Gasteiger partial charge in [0, 0.05) is 13.1 Å². The fourth-order valence-corrected chi connectivity index (χ4v) is 3.22. The molecule has 0 heterocycles. The van der Waals surface area contributed by atoms with Crippen LogP contribution in [0.3, 0.4) is 0 Å². The van der Waals surface area contributed by atoms with E-state index in [2.05, 4.69) is 9.44 Å². The van der Waals surface area contributed by atoms with Gasteiger partial charge in [0.1, 0.15) is 12.4 Å². The van der Waals surface area contributed by atoms with Gasteiger partial charge >= 0.3 is 0 Å². The Hall–Kier alpha value is -1.68. The van der Waals surface area contributed by atoms with E-state index in [0.29, 0.717) is 18.7 Å². The predicted molar refractivity (Wildman–Crippen MR) is 98.8 cm³/mol. The Kier molecular flexibility index (Phi) is 6.39. The molecule has 0 saturated heterocycles. The number of nitrogens with one attached hydrogen (secondary N) is 2. The van der Waals surface area contributed by atoms with Crippen molar-refractivity contribution in [3.63, 3.8) is 0 Å². The minimum absolute atomic E-state index is 0.211. The normalized spacial score (nSPS) is 12.4. The third-order valence-corrected chi connectivity index (χ3v) is 4.85. The van der Waals surface area contributed by atoms with Crippen molar-refractivity contribution in [1.29, 1.82) is 0 Å². The summed E-state index contributed by atoms with van der Waals surface area (Å²) in [5.74, 6) is 0.661. The number of rotatable bonds is 9. The van der Waals surface area contributed by atoms with Crippen LogP contribution < -0.4 is 14.2 Å². The number of hydrogen-bond acceptors (Lipinski definition) is 5. The monoisotopic (exact) mass is 386 g/mol. The van der Waals surface area contributed by atoms with Crippen LogP contribution >= 0.6 is 0 Å². The van der Waals surface area contributed by atoms with Crippen molar-refractivity contribution < 1.29 is 21.6 Å². The van der Waals surface area contributed by atoms with Gasteiger partial charge in [-0.3, -0.25) is 0 Å². The molecule has 0 aliphatic carbocycles. The van der Waals surface area contributed by atoms with Gasteiger partial charge in [0.25, 0.3) is 0 Å². The lowest BCUT2D eigenvalue weighted by molar-refractivity contribution is 0.323. The summed E-state index contributed by atoms with van der Waals surface area (Å²) >= 11 is 0. The zero-order valence-electron chi connectivity index (χ0n) is 14.2. The van der Waals surface area contributed by atoms with Crippen molar-refractivity contribution in [2.75, 3.05) is 32.2 Å². The molecule has 2 rings (SSSR count). The van der Waals surface area contributed by atoms with Crippen LogP contribution in [-0.2, 0) is 26.5 Å². The largest absolute Gasteiger partial charge is 0.492 e. The van der Waals surface area contributed by atoms with E-state index in [1.54, 1.807) is 0 Å². The van der Waals surface area contributed by atoms with Crippen molar-refractivity contribution in [3.05, 3.63) is 42.0 Å². The topological polar surface area (TPSA) is 102 Å². The van der Waals surface area contributed by atoms with Gasteiger partial charge in [-0.25, -0.2) is 26.3 Å². The number of fused-ring (bicyclic) bond motifs is 1. The lowest BCUT2D eigenvalue weighted by Gasteiger charge is -2.09. The average Bonchev–Trinajstić information content (AvgIpc) is 2.49. The molecule has 25 heavy (non-hydrogen) atoms. The first-order valence-corrected chi connectivity index (χ1v) is 11.5. The summed E-state index contributed by atoms with van der Waals surface area (Å²) in [7, 11) is -6.38. The zero-order chi connectivity index (χ0) is 18.5. The molecule has 0 aliphatic rings.